The summed E-state index contributed by atoms with van der Waals surface area (Å²) < 4.78 is 55.9. The molecule has 1 unspecified atom stereocenters. The second kappa shape index (κ2) is 6.45. The van der Waals surface area contributed by atoms with Gasteiger partial charge < -0.3 is 10.6 Å². The third-order valence-corrected chi connectivity index (χ3v) is 7.35. The number of thiocarbonyl (C=S) groups is 1. The molecule has 140 valence electrons. The van der Waals surface area contributed by atoms with Crippen molar-refractivity contribution in [2.75, 3.05) is 16.8 Å². The van der Waals surface area contributed by atoms with Crippen molar-refractivity contribution in [2.45, 2.75) is 23.8 Å². The zero-order chi connectivity index (χ0) is 19.2. The van der Waals surface area contributed by atoms with Crippen molar-refractivity contribution in [3.8, 4) is 0 Å². The summed E-state index contributed by atoms with van der Waals surface area (Å²) in [7, 11) is -7.43. The normalized spacial score (nSPS) is 22.2. The summed E-state index contributed by atoms with van der Waals surface area (Å²) in [6.45, 7) is 1.80. The van der Waals surface area contributed by atoms with Crippen molar-refractivity contribution in [2.24, 2.45) is 0 Å². The van der Waals surface area contributed by atoms with Gasteiger partial charge in [0.15, 0.2) is 14.9 Å². The van der Waals surface area contributed by atoms with Crippen LogP contribution in [0.1, 0.15) is 13.3 Å². The maximum Gasteiger partial charge on any atom is 0.295 e. The van der Waals surface area contributed by atoms with Crippen LogP contribution in [0.25, 0.3) is 10.8 Å². The van der Waals surface area contributed by atoms with Gasteiger partial charge in [-0.15, -0.1) is 0 Å². The highest BCUT2D eigenvalue weighted by Crippen LogP contribution is 2.29. The lowest BCUT2D eigenvalue weighted by molar-refractivity contribution is 0.474. The highest BCUT2D eigenvalue weighted by molar-refractivity contribution is 7.91. The van der Waals surface area contributed by atoms with Crippen molar-refractivity contribution >= 4 is 53.7 Å². The number of benzene rings is 2. The Kier molecular flexibility index (Phi) is 4.72. The highest BCUT2D eigenvalue weighted by Gasteiger charge is 2.38. The molecule has 1 atom stereocenters. The zero-order valence-corrected chi connectivity index (χ0v) is 16.3. The van der Waals surface area contributed by atoms with Gasteiger partial charge in [-0.3, -0.25) is 4.55 Å². The van der Waals surface area contributed by atoms with Gasteiger partial charge in [-0.05, 0) is 37.7 Å². The predicted molar refractivity (Wildman–Crippen MR) is 105 cm³/mol. The van der Waals surface area contributed by atoms with Gasteiger partial charge >= 0.3 is 0 Å². The first-order chi connectivity index (χ1) is 12.0. The number of sulfone groups is 1. The minimum atomic E-state index is -4.36. The molecule has 3 N–H and O–H groups in total. The summed E-state index contributed by atoms with van der Waals surface area (Å²) in [5, 5.41) is 7.20. The fraction of sp³-hybridized carbons (Fsp3) is 0.312. The monoisotopic (exact) mass is 414 g/mol. The number of nitrogens with one attached hydrogen (secondary N) is 2. The minimum absolute atomic E-state index is 0.00423. The molecule has 0 amide bonds. The van der Waals surface area contributed by atoms with Crippen LogP contribution in [-0.4, -0.2) is 43.5 Å². The summed E-state index contributed by atoms with van der Waals surface area (Å²) >= 11 is 5.30. The van der Waals surface area contributed by atoms with Crippen LogP contribution in [0.4, 0.5) is 5.69 Å². The van der Waals surface area contributed by atoms with E-state index >= 15 is 0 Å². The van der Waals surface area contributed by atoms with Crippen LogP contribution in [0.3, 0.4) is 0 Å². The molecule has 0 bridgehead atoms. The fourth-order valence-electron chi connectivity index (χ4n) is 3.15. The third-order valence-electron chi connectivity index (χ3n) is 4.33. The fourth-order valence-corrected chi connectivity index (χ4v) is 6.31. The molecule has 26 heavy (non-hydrogen) atoms. The molecule has 1 aliphatic heterocycles. The Hall–Kier alpha value is -1.75. The second-order valence-corrected chi connectivity index (χ2v) is 10.6. The molecule has 0 saturated carbocycles. The Morgan fingerprint density at radius 2 is 1.85 bits per heavy atom. The van der Waals surface area contributed by atoms with E-state index in [0.717, 1.165) is 0 Å². The number of rotatable bonds is 3. The highest BCUT2D eigenvalue weighted by atomic mass is 32.2. The van der Waals surface area contributed by atoms with Crippen LogP contribution in [0.15, 0.2) is 41.3 Å². The van der Waals surface area contributed by atoms with E-state index in [-0.39, 0.29) is 21.5 Å². The van der Waals surface area contributed by atoms with Crippen LogP contribution in [0.5, 0.6) is 0 Å². The number of fused-ring (bicyclic) bond motifs is 1. The Labute approximate surface area is 157 Å². The molecular weight excluding hydrogens is 396 g/mol. The van der Waals surface area contributed by atoms with Crippen molar-refractivity contribution in [1.82, 2.24) is 5.32 Å². The molecule has 10 heteroatoms. The smallest absolute Gasteiger partial charge is 0.295 e. The maximum absolute atomic E-state index is 11.7. The average molecular weight is 415 g/mol. The standard InChI is InChI=1S/C16H18N2O5S3/c1-16(8-9-25(19,20)10-16)18-15(24)17-13-6-2-5-12-11(13)4-3-7-14(12)26(21,22)23/h2-7H,8-10H2,1H3,(H2,17,18,24)(H,21,22,23). The second-order valence-electron chi connectivity index (χ2n) is 6.61. The Balaban J connectivity index is 1.89. The lowest BCUT2D eigenvalue weighted by Gasteiger charge is -2.26. The van der Waals surface area contributed by atoms with E-state index in [0.29, 0.717) is 22.9 Å². The maximum atomic E-state index is 11.7. The molecule has 0 spiro atoms. The SMILES string of the molecule is CC1(NC(=S)Nc2cccc3c(S(=O)(=O)O)cccc23)CCS(=O)(=O)C1. The quantitative estimate of drug-likeness (QED) is 0.516. The van der Waals surface area contributed by atoms with Crippen molar-refractivity contribution < 1.29 is 21.4 Å². The van der Waals surface area contributed by atoms with Gasteiger partial charge in [-0.2, -0.15) is 8.42 Å². The molecule has 0 radical (unpaired) electrons. The number of hydrogen-bond donors (Lipinski definition) is 3. The molecule has 1 heterocycles. The Bertz CT molecular complexity index is 1100. The van der Waals surface area contributed by atoms with Crippen molar-refractivity contribution in [3.05, 3.63) is 36.4 Å². The number of hydrogen-bond acceptors (Lipinski definition) is 5. The molecule has 2 aromatic carbocycles. The Morgan fingerprint density at radius 1 is 1.19 bits per heavy atom. The van der Waals surface area contributed by atoms with Gasteiger partial charge in [0.05, 0.1) is 17.0 Å². The van der Waals surface area contributed by atoms with Gasteiger partial charge in [0.1, 0.15) is 4.90 Å². The van der Waals surface area contributed by atoms with Crippen molar-refractivity contribution in [1.29, 1.82) is 0 Å². The van der Waals surface area contributed by atoms with Crippen molar-refractivity contribution in [3.63, 3.8) is 0 Å². The van der Waals surface area contributed by atoms with Crippen LogP contribution in [-0.2, 0) is 20.0 Å². The summed E-state index contributed by atoms with van der Waals surface area (Å²) in [5.74, 6) is 0.120. The zero-order valence-electron chi connectivity index (χ0n) is 13.9. The first-order valence-corrected chi connectivity index (χ1v) is 11.4. The van der Waals surface area contributed by atoms with Gasteiger partial charge in [0, 0.05) is 16.5 Å². The van der Waals surface area contributed by atoms with Gasteiger partial charge in [0.25, 0.3) is 10.1 Å². The summed E-state index contributed by atoms with van der Waals surface area (Å²) in [6.07, 6.45) is 0.458. The van der Waals surface area contributed by atoms with E-state index in [9.17, 15) is 21.4 Å². The van der Waals surface area contributed by atoms with E-state index in [1.54, 1.807) is 31.2 Å². The lowest BCUT2D eigenvalue weighted by Crippen LogP contribution is -2.48. The van der Waals surface area contributed by atoms with Crippen LogP contribution in [0.2, 0.25) is 0 Å². The van der Waals surface area contributed by atoms with Crippen LogP contribution in [0, 0.1) is 0 Å². The van der Waals surface area contributed by atoms with Gasteiger partial charge in [0.2, 0.25) is 0 Å². The molecule has 1 saturated heterocycles. The summed E-state index contributed by atoms with van der Waals surface area (Å²) in [4.78, 5) is -0.189. The van der Waals surface area contributed by atoms with E-state index in [4.69, 9.17) is 12.2 Å². The first-order valence-electron chi connectivity index (χ1n) is 7.78. The van der Waals surface area contributed by atoms with Crippen LogP contribution < -0.4 is 10.6 Å². The summed E-state index contributed by atoms with van der Waals surface area (Å²) in [5.41, 5.74) is -0.0949. The molecule has 0 aromatic heterocycles. The molecule has 7 nitrogen and oxygen atoms in total. The van der Waals surface area contributed by atoms with E-state index in [1.807, 2.05) is 0 Å². The predicted octanol–water partition coefficient (Wildman–Crippen LogP) is 1.95. The van der Waals surface area contributed by atoms with E-state index in [2.05, 4.69) is 10.6 Å². The molecule has 1 aliphatic rings. The first kappa shape index (κ1) is 19.0. The average Bonchev–Trinajstić information content (AvgIpc) is 2.79. The molecule has 0 aliphatic carbocycles. The van der Waals surface area contributed by atoms with Gasteiger partial charge in [-0.1, -0.05) is 24.3 Å². The molecular formula is C16H18N2O5S3. The van der Waals surface area contributed by atoms with E-state index < -0.39 is 25.5 Å². The molecule has 2 aromatic rings. The molecule has 3 rings (SSSR count). The van der Waals surface area contributed by atoms with E-state index in [1.165, 1.54) is 12.1 Å². The Morgan fingerprint density at radius 3 is 2.46 bits per heavy atom. The third kappa shape index (κ3) is 3.98. The molecule has 1 fully saturated rings. The summed E-state index contributed by atoms with van der Waals surface area (Å²) in [6, 6.07) is 9.50. The lowest BCUT2D eigenvalue weighted by atomic mass is 10.0. The number of anilines is 1. The largest absolute Gasteiger partial charge is 0.356 e. The van der Waals surface area contributed by atoms with Crippen LogP contribution >= 0.6 is 12.2 Å². The minimum Gasteiger partial charge on any atom is -0.356 e. The topological polar surface area (TPSA) is 113 Å². The van der Waals surface area contributed by atoms with Gasteiger partial charge in [-0.25, -0.2) is 8.42 Å².